The van der Waals surface area contributed by atoms with Crippen LogP contribution in [0.5, 0.6) is 0 Å². The van der Waals surface area contributed by atoms with Gasteiger partial charge in [-0.2, -0.15) is 31.4 Å². The van der Waals surface area contributed by atoms with Gasteiger partial charge in [0.1, 0.15) is 18.5 Å². The minimum atomic E-state index is -5.08. The van der Waals surface area contributed by atoms with Crippen LogP contribution in [0.1, 0.15) is 30.2 Å². The summed E-state index contributed by atoms with van der Waals surface area (Å²) in [4.78, 5) is 33.3. The highest BCUT2D eigenvalue weighted by molar-refractivity contribution is 5.73. The maximum absolute atomic E-state index is 10.6. The van der Waals surface area contributed by atoms with E-state index >= 15 is 0 Å². The molecule has 2 N–H and O–H groups in total. The van der Waals surface area contributed by atoms with Crippen LogP contribution in [0.25, 0.3) is 0 Å². The van der Waals surface area contributed by atoms with E-state index in [0.717, 1.165) is 31.2 Å². The molecule has 0 saturated carbocycles. The largest absolute Gasteiger partial charge is 0.490 e. The normalized spacial score (nSPS) is 15.5. The lowest BCUT2D eigenvalue weighted by Gasteiger charge is -2.34. The molecule has 1 unspecified atom stereocenters. The number of fused-ring (bicyclic) bond motifs is 1. The van der Waals surface area contributed by atoms with Crippen LogP contribution in [-0.2, 0) is 29.2 Å². The van der Waals surface area contributed by atoms with Crippen molar-refractivity contribution in [2.45, 2.75) is 45.0 Å². The highest BCUT2D eigenvalue weighted by Gasteiger charge is 2.38. The maximum atomic E-state index is 10.6. The SMILES string of the molecule is CC1c2ncc(Cn3cncn3)n2CCN1Cc1ccccn1.O=C(O)C(F)(F)F.O=C(O)C(F)(F)F. The van der Waals surface area contributed by atoms with Crippen LogP contribution in [-0.4, -0.2) is 75.2 Å². The van der Waals surface area contributed by atoms with Crippen molar-refractivity contribution in [3.05, 3.63) is 60.5 Å². The zero-order valence-corrected chi connectivity index (χ0v) is 19.1. The van der Waals surface area contributed by atoms with Gasteiger partial charge in [0.25, 0.3) is 0 Å². The molecular weight excluding hydrogens is 516 g/mol. The Hall–Kier alpha value is -4.02. The molecule has 0 aromatic carbocycles. The Morgan fingerprint density at radius 3 is 2.11 bits per heavy atom. The van der Waals surface area contributed by atoms with Crippen molar-refractivity contribution in [2.75, 3.05) is 6.54 Å². The molecule has 37 heavy (non-hydrogen) atoms. The van der Waals surface area contributed by atoms with E-state index in [9.17, 15) is 26.3 Å². The number of carboxylic acid groups (broad SMARTS) is 2. The molecule has 1 aliphatic heterocycles. The van der Waals surface area contributed by atoms with E-state index in [4.69, 9.17) is 19.8 Å². The van der Waals surface area contributed by atoms with Crippen LogP contribution in [0.4, 0.5) is 26.3 Å². The number of rotatable bonds is 4. The molecule has 0 radical (unpaired) electrons. The predicted octanol–water partition coefficient (Wildman–Crippen LogP) is 2.76. The molecule has 0 saturated heterocycles. The molecule has 0 bridgehead atoms. The summed E-state index contributed by atoms with van der Waals surface area (Å²) in [5, 5.41) is 18.4. The van der Waals surface area contributed by atoms with Gasteiger partial charge in [0, 0.05) is 25.8 Å². The van der Waals surface area contributed by atoms with Crippen molar-refractivity contribution in [3.63, 3.8) is 0 Å². The summed E-state index contributed by atoms with van der Waals surface area (Å²) < 4.78 is 67.6. The predicted molar refractivity (Wildman–Crippen MR) is 112 cm³/mol. The number of carbonyl (C=O) groups is 2. The van der Waals surface area contributed by atoms with E-state index in [1.165, 1.54) is 5.69 Å². The lowest BCUT2D eigenvalue weighted by Crippen LogP contribution is -2.37. The van der Waals surface area contributed by atoms with Gasteiger partial charge in [-0.05, 0) is 19.1 Å². The summed E-state index contributed by atoms with van der Waals surface area (Å²) in [6.45, 7) is 5.70. The number of hydrogen-bond acceptors (Lipinski definition) is 7. The van der Waals surface area contributed by atoms with Crippen molar-refractivity contribution in [3.8, 4) is 0 Å². The van der Waals surface area contributed by atoms with Crippen LogP contribution in [0.2, 0.25) is 0 Å². The fraction of sp³-hybridized carbons (Fsp3) is 0.400. The molecule has 4 rings (SSSR count). The molecule has 202 valence electrons. The summed E-state index contributed by atoms with van der Waals surface area (Å²) in [5.41, 5.74) is 2.28. The fourth-order valence-corrected chi connectivity index (χ4v) is 3.13. The van der Waals surface area contributed by atoms with Gasteiger partial charge >= 0.3 is 24.3 Å². The molecule has 0 spiro atoms. The van der Waals surface area contributed by atoms with Crippen molar-refractivity contribution < 1.29 is 46.1 Å². The number of hydrogen-bond donors (Lipinski definition) is 2. The second kappa shape index (κ2) is 12.3. The summed E-state index contributed by atoms with van der Waals surface area (Å²) in [6, 6.07) is 6.33. The summed E-state index contributed by atoms with van der Waals surface area (Å²) in [7, 11) is 0. The third-order valence-electron chi connectivity index (χ3n) is 4.87. The van der Waals surface area contributed by atoms with Gasteiger partial charge in [0.2, 0.25) is 0 Å². The zero-order valence-electron chi connectivity index (χ0n) is 19.1. The van der Waals surface area contributed by atoms with Gasteiger partial charge in [0.15, 0.2) is 0 Å². The van der Waals surface area contributed by atoms with E-state index < -0.39 is 24.3 Å². The highest BCUT2D eigenvalue weighted by atomic mass is 19.4. The molecule has 0 amide bonds. The summed E-state index contributed by atoms with van der Waals surface area (Å²) >= 11 is 0. The molecular formula is C20H21F6N7O4. The van der Waals surface area contributed by atoms with Gasteiger partial charge in [0.05, 0.1) is 30.2 Å². The molecule has 1 aliphatic rings. The fourth-order valence-electron chi connectivity index (χ4n) is 3.13. The van der Waals surface area contributed by atoms with E-state index in [-0.39, 0.29) is 6.04 Å². The second-order valence-corrected chi connectivity index (χ2v) is 7.43. The third kappa shape index (κ3) is 8.85. The van der Waals surface area contributed by atoms with Gasteiger partial charge in [-0.25, -0.2) is 24.2 Å². The molecule has 0 fully saturated rings. The molecule has 0 aliphatic carbocycles. The summed E-state index contributed by atoms with van der Waals surface area (Å²) in [6.07, 6.45) is -3.07. The standard InChI is InChI=1S/C16H19N7.2C2HF3O2/c1-13-16-19-8-15(10-22-12-17-11-20-22)23(16)7-6-21(13)9-14-4-2-3-5-18-14;2*3-2(4,5)1(6)7/h2-5,8,11-13H,6-7,9-10H2,1H3;2*(H,6,7). The number of halogens is 6. The quantitative estimate of drug-likeness (QED) is 0.481. The second-order valence-electron chi connectivity index (χ2n) is 7.43. The number of pyridine rings is 1. The first-order valence-electron chi connectivity index (χ1n) is 10.3. The van der Waals surface area contributed by atoms with E-state index in [0.29, 0.717) is 6.54 Å². The topological polar surface area (TPSA) is 139 Å². The van der Waals surface area contributed by atoms with Crippen molar-refractivity contribution in [2.24, 2.45) is 0 Å². The molecule has 3 aromatic rings. The molecule has 3 aromatic heterocycles. The lowest BCUT2D eigenvalue weighted by atomic mass is 10.2. The number of aliphatic carboxylic acids is 2. The van der Waals surface area contributed by atoms with Crippen molar-refractivity contribution >= 4 is 11.9 Å². The van der Waals surface area contributed by atoms with Gasteiger partial charge in [-0.3, -0.25) is 9.88 Å². The van der Waals surface area contributed by atoms with Crippen LogP contribution in [0, 0.1) is 0 Å². The lowest BCUT2D eigenvalue weighted by molar-refractivity contribution is -0.193. The Kier molecular flexibility index (Phi) is 9.70. The van der Waals surface area contributed by atoms with E-state index in [1.54, 1.807) is 12.7 Å². The van der Waals surface area contributed by atoms with Crippen molar-refractivity contribution in [1.29, 1.82) is 0 Å². The average molecular weight is 537 g/mol. The monoisotopic (exact) mass is 537 g/mol. The van der Waals surface area contributed by atoms with Crippen LogP contribution in [0.15, 0.2) is 43.2 Å². The number of aromatic nitrogens is 6. The first kappa shape index (κ1) is 29.2. The first-order chi connectivity index (χ1) is 17.2. The zero-order chi connectivity index (χ0) is 27.8. The van der Waals surface area contributed by atoms with E-state index in [2.05, 4.69) is 42.5 Å². The minimum Gasteiger partial charge on any atom is -0.475 e. The molecule has 11 nitrogen and oxygen atoms in total. The van der Waals surface area contributed by atoms with Crippen LogP contribution >= 0.6 is 0 Å². The Morgan fingerprint density at radius 2 is 1.62 bits per heavy atom. The molecule has 4 heterocycles. The van der Waals surface area contributed by atoms with Gasteiger partial charge in [-0.15, -0.1) is 0 Å². The summed E-state index contributed by atoms with van der Waals surface area (Å²) in [5.74, 6) is -4.40. The minimum absolute atomic E-state index is 0.273. The van der Waals surface area contributed by atoms with Gasteiger partial charge in [-0.1, -0.05) is 6.07 Å². The van der Waals surface area contributed by atoms with Crippen molar-refractivity contribution in [1.82, 2.24) is 34.2 Å². The maximum Gasteiger partial charge on any atom is 0.490 e. The highest BCUT2D eigenvalue weighted by Crippen LogP contribution is 2.26. The van der Waals surface area contributed by atoms with Gasteiger partial charge < -0.3 is 14.8 Å². The Morgan fingerprint density at radius 1 is 1.00 bits per heavy atom. The van der Waals surface area contributed by atoms with E-state index in [1.807, 2.05) is 29.2 Å². The van der Waals surface area contributed by atoms with Crippen LogP contribution < -0.4 is 0 Å². The number of carboxylic acids is 2. The molecule has 17 heteroatoms. The Labute approximate surface area is 205 Å². The van der Waals surface area contributed by atoms with Crippen LogP contribution in [0.3, 0.4) is 0 Å². The Balaban J connectivity index is 0.000000286. The number of nitrogens with zero attached hydrogens (tertiary/aromatic N) is 7. The molecule has 1 atom stereocenters. The number of alkyl halides is 6. The Bertz CT molecular complexity index is 1130. The first-order valence-corrected chi connectivity index (χ1v) is 10.3. The average Bonchev–Trinajstić information content (AvgIpc) is 3.47. The number of imidazole rings is 1. The third-order valence-corrected chi connectivity index (χ3v) is 4.87. The smallest absolute Gasteiger partial charge is 0.475 e.